The van der Waals surface area contributed by atoms with Gasteiger partial charge in [0.25, 0.3) is 0 Å². The minimum Gasteiger partial charge on any atom is -0.491 e. The normalized spacial score (nSPS) is 12.5. The van der Waals surface area contributed by atoms with Gasteiger partial charge in [0, 0.05) is 42.3 Å². The highest BCUT2D eigenvalue weighted by atomic mass is 32.2. The molecule has 0 fully saturated rings. The molecule has 1 rings (SSSR count). The molecule has 0 saturated heterocycles. The second kappa shape index (κ2) is 7.53. The van der Waals surface area contributed by atoms with Crippen molar-refractivity contribution in [2.45, 2.75) is 39.3 Å². The van der Waals surface area contributed by atoms with Gasteiger partial charge in [0.2, 0.25) is 0 Å². The standard InChI is InChI=1S/C15H26N2OS/c1-6-13(10-19-5)17(4)14-7-12(16)8-15(9-14)18-11(2)3/h7-9,11,13H,6,10,16H2,1-5H3. The van der Waals surface area contributed by atoms with Gasteiger partial charge in [-0.25, -0.2) is 0 Å². The van der Waals surface area contributed by atoms with Crippen LogP contribution in [0.5, 0.6) is 5.75 Å². The molecule has 2 N–H and O–H groups in total. The Balaban J connectivity index is 2.95. The lowest BCUT2D eigenvalue weighted by Crippen LogP contribution is -2.33. The Morgan fingerprint density at radius 2 is 2.00 bits per heavy atom. The van der Waals surface area contributed by atoms with Crippen LogP contribution in [0.25, 0.3) is 0 Å². The zero-order chi connectivity index (χ0) is 14.4. The maximum atomic E-state index is 5.98. The summed E-state index contributed by atoms with van der Waals surface area (Å²) >= 11 is 1.87. The monoisotopic (exact) mass is 282 g/mol. The Hall–Kier alpha value is -1.03. The van der Waals surface area contributed by atoms with Crippen molar-refractivity contribution in [1.29, 1.82) is 0 Å². The third kappa shape index (κ3) is 4.86. The van der Waals surface area contributed by atoms with Crippen LogP contribution in [0.2, 0.25) is 0 Å². The maximum Gasteiger partial charge on any atom is 0.123 e. The second-order valence-electron chi connectivity index (χ2n) is 5.06. The number of nitrogens with zero attached hydrogens (tertiary/aromatic N) is 1. The molecule has 0 saturated carbocycles. The first-order valence-corrected chi connectivity index (χ1v) is 8.16. The smallest absolute Gasteiger partial charge is 0.123 e. The first-order valence-electron chi connectivity index (χ1n) is 6.76. The lowest BCUT2D eigenvalue weighted by molar-refractivity contribution is 0.242. The lowest BCUT2D eigenvalue weighted by atomic mass is 10.2. The van der Waals surface area contributed by atoms with Crippen LogP contribution in [-0.2, 0) is 0 Å². The van der Waals surface area contributed by atoms with Crippen molar-refractivity contribution >= 4 is 23.1 Å². The molecule has 1 aromatic rings. The van der Waals surface area contributed by atoms with Crippen molar-refractivity contribution in [3.05, 3.63) is 18.2 Å². The Bertz CT molecular complexity index is 396. The van der Waals surface area contributed by atoms with Crippen molar-refractivity contribution < 1.29 is 4.74 Å². The van der Waals surface area contributed by atoms with E-state index in [4.69, 9.17) is 10.5 Å². The molecule has 0 aromatic heterocycles. The number of nitrogens with two attached hydrogens (primary N) is 1. The molecule has 0 aliphatic carbocycles. The predicted molar refractivity (Wildman–Crippen MR) is 87.5 cm³/mol. The van der Waals surface area contributed by atoms with Crippen LogP contribution in [0, 0.1) is 0 Å². The van der Waals surface area contributed by atoms with Gasteiger partial charge in [-0.1, -0.05) is 6.92 Å². The van der Waals surface area contributed by atoms with Crippen LogP contribution in [0.1, 0.15) is 27.2 Å². The molecule has 0 radical (unpaired) electrons. The van der Waals surface area contributed by atoms with Crippen LogP contribution in [0.15, 0.2) is 18.2 Å². The summed E-state index contributed by atoms with van der Waals surface area (Å²) in [6.07, 6.45) is 3.42. The highest BCUT2D eigenvalue weighted by Crippen LogP contribution is 2.28. The third-order valence-electron chi connectivity index (χ3n) is 3.07. The lowest BCUT2D eigenvalue weighted by Gasteiger charge is -2.29. The van der Waals surface area contributed by atoms with Crippen molar-refractivity contribution in [3.8, 4) is 5.75 Å². The van der Waals surface area contributed by atoms with Gasteiger partial charge in [-0.3, -0.25) is 0 Å². The number of nitrogen functional groups attached to an aromatic ring is 1. The molecule has 0 aliphatic rings. The van der Waals surface area contributed by atoms with Gasteiger partial charge in [0.05, 0.1) is 6.10 Å². The third-order valence-corrected chi connectivity index (χ3v) is 3.79. The van der Waals surface area contributed by atoms with E-state index in [1.54, 1.807) is 0 Å². The average molecular weight is 282 g/mol. The Kier molecular flexibility index (Phi) is 6.35. The summed E-state index contributed by atoms with van der Waals surface area (Å²) < 4.78 is 5.75. The largest absolute Gasteiger partial charge is 0.491 e. The minimum atomic E-state index is 0.160. The SMILES string of the molecule is CCC(CSC)N(C)c1cc(N)cc(OC(C)C)c1. The van der Waals surface area contributed by atoms with Crippen molar-refractivity contribution in [2.75, 3.05) is 29.7 Å². The van der Waals surface area contributed by atoms with Gasteiger partial charge < -0.3 is 15.4 Å². The summed E-state index contributed by atoms with van der Waals surface area (Å²) in [6.45, 7) is 6.26. The number of anilines is 2. The Morgan fingerprint density at radius 1 is 1.32 bits per heavy atom. The first-order chi connectivity index (χ1) is 8.97. The van der Waals surface area contributed by atoms with E-state index >= 15 is 0 Å². The van der Waals surface area contributed by atoms with E-state index in [2.05, 4.69) is 31.2 Å². The molecule has 0 amide bonds. The fourth-order valence-corrected chi connectivity index (χ4v) is 2.90. The molecule has 4 heteroatoms. The molecule has 1 aromatic carbocycles. The van der Waals surface area contributed by atoms with E-state index in [1.807, 2.05) is 37.7 Å². The quantitative estimate of drug-likeness (QED) is 0.775. The van der Waals surface area contributed by atoms with E-state index in [-0.39, 0.29) is 6.10 Å². The Morgan fingerprint density at radius 3 is 2.53 bits per heavy atom. The van der Waals surface area contributed by atoms with E-state index in [0.29, 0.717) is 6.04 Å². The highest BCUT2D eigenvalue weighted by molar-refractivity contribution is 7.98. The molecule has 0 heterocycles. The summed E-state index contributed by atoms with van der Waals surface area (Å²) in [4.78, 5) is 2.29. The predicted octanol–water partition coefficient (Wildman–Crippen LogP) is 3.63. The van der Waals surface area contributed by atoms with E-state index < -0.39 is 0 Å². The molecular formula is C15H26N2OS. The molecule has 1 atom stereocenters. The maximum absolute atomic E-state index is 5.98. The number of thioether (sulfide) groups is 1. The zero-order valence-corrected chi connectivity index (χ0v) is 13.5. The van der Waals surface area contributed by atoms with Crippen molar-refractivity contribution in [2.24, 2.45) is 0 Å². The molecule has 0 spiro atoms. The minimum absolute atomic E-state index is 0.160. The number of benzene rings is 1. The molecule has 1 unspecified atom stereocenters. The van der Waals surface area contributed by atoms with E-state index in [0.717, 1.165) is 29.3 Å². The summed E-state index contributed by atoms with van der Waals surface area (Å²) in [5.41, 5.74) is 7.85. The summed E-state index contributed by atoms with van der Waals surface area (Å²) in [5.74, 6) is 1.96. The summed E-state index contributed by atoms with van der Waals surface area (Å²) in [5, 5.41) is 0. The van der Waals surface area contributed by atoms with Crippen molar-refractivity contribution in [1.82, 2.24) is 0 Å². The fourth-order valence-electron chi connectivity index (χ4n) is 2.06. The highest BCUT2D eigenvalue weighted by Gasteiger charge is 2.14. The molecule has 3 nitrogen and oxygen atoms in total. The molecule has 0 aliphatic heterocycles. The van der Waals surface area contributed by atoms with Gasteiger partial charge in [0.15, 0.2) is 0 Å². The van der Waals surface area contributed by atoms with Crippen LogP contribution in [-0.4, -0.2) is 31.2 Å². The molecule has 108 valence electrons. The first kappa shape index (κ1) is 16.0. The summed E-state index contributed by atoms with van der Waals surface area (Å²) in [6, 6.07) is 6.48. The van der Waals surface area contributed by atoms with Crippen LogP contribution in [0.4, 0.5) is 11.4 Å². The van der Waals surface area contributed by atoms with E-state index in [1.165, 1.54) is 0 Å². The second-order valence-corrected chi connectivity index (χ2v) is 5.97. The topological polar surface area (TPSA) is 38.5 Å². The molecular weight excluding hydrogens is 256 g/mol. The van der Waals surface area contributed by atoms with Crippen LogP contribution >= 0.6 is 11.8 Å². The van der Waals surface area contributed by atoms with Crippen LogP contribution in [0.3, 0.4) is 0 Å². The van der Waals surface area contributed by atoms with Gasteiger partial charge >= 0.3 is 0 Å². The van der Waals surface area contributed by atoms with Gasteiger partial charge in [0.1, 0.15) is 5.75 Å². The number of ether oxygens (including phenoxy) is 1. The number of hydrogen-bond acceptors (Lipinski definition) is 4. The zero-order valence-electron chi connectivity index (χ0n) is 12.6. The molecule has 19 heavy (non-hydrogen) atoms. The van der Waals surface area contributed by atoms with Gasteiger partial charge in [-0.05, 0) is 32.6 Å². The van der Waals surface area contributed by atoms with Crippen LogP contribution < -0.4 is 15.4 Å². The average Bonchev–Trinajstić information content (AvgIpc) is 2.33. The van der Waals surface area contributed by atoms with Gasteiger partial charge in [-0.2, -0.15) is 11.8 Å². The molecule has 0 bridgehead atoms. The number of rotatable bonds is 7. The van der Waals surface area contributed by atoms with Crippen molar-refractivity contribution in [3.63, 3.8) is 0 Å². The van der Waals surface area contributed by atoms with Gasteiger partial charge in [-0.15, -0.1) is 0 Å². The fraction of sp³-hybridized carbons (Fsp3) is 0.600. The Labute approximate surface area is 121 Å². The summed E-state index contributed by atoms with van der Waals surface area (Å²) in [7, 11) is 2.12. The number of hydrogen-bond donors (Lipinski definition) is 1. The van der Waals surface area contributed by atoms with E-state index in [9.17, 15) is 0 Å².